The van der Waals surface area contributed by atoms with Gasteiger partial charge in [0, 0.05) is 24.3 Å². The van der Waals surface area contributed by atoms with Crippen LogP contribution in [0, 0.1) is 0 Å². The Balaban J connectivity index is 1.60. The number of carbonyl (C=O) groups is 1. The lowest BCUT2D eigenvalue weighted by Crippen LogP contribution is -2.49. The Morgan fingerprint density at radius 1 is 1.20 bits per heavy atom. The summed E-state index contributed by atoms with van der Waals surface area (Å²) in [6.07, 6.45) is 3.39. The lowest BCUT2D eigenvalue weighted by Gasteiger charge is -2.38. The molecular weight excluding hydrogens is 252 g/mol. The monoisotopic (exact) mass is 272 g/mol. The van der Waals surface area contributed by atoms with E-state index >= 15 is 0 Å². The minimum Gasteiger partial charge on any atom is -0.393 e. The van der Waals surface area contributed by atoms with Crippen LogP contribution in [0.15, 0.2) is 24.3 Å². The highest BCUT2D eigenvalue weighted by Crippen LogP contribution is 2.40. The lowest BCUT2D eigenvalue weighted by atomic mass is 9.94. The third-order valence-electron chi connectivity index (χ3n) is 5.09. The van der Waals surface area contributed by atoms with Gasteiger partial charge in [-0.15, -0.1) is 0 Å². The maximum absolute atomic E-state index is 12.9. The zero-order valence-electron chi connectivity index (χ0n) is 11.5. The van der Waals surface area contributed by atoms with E-state index in [0.29, 0.717) is 6.54 Å². The highest BCUT2D eigenvalue weighted by molar-refractivity contribution is 5.89. The van der Waals surface area contributed by atoms with Gasteiger partial charge in [-0.2, -0.15) is 0 Å². The summed E-state index contributed by atoms with van der Waals surface area (Å²) >= 11 is 0. The Labute approximate surface area is 118 Å². The van der Waals surface area contributed by atoms with Gasteiger partial charge in [0.15, 0.2) is 0 Å². The fraction of sp³-hybridized carbons (Fsp3) is 0.562. The Kier molecular flexibility index (Phi) is 2.74. The van der Waals surface area contributed by atoms with Crippen LogP contribution < -0.4 is 5.32 Å². The van der Waals surface area contributed by atoms with Crippen molar-refractivity contribution in [2.24, 2.45) is 0 Å². The standard InChI is InChI=1S/C16H20N2O2/c19-12-7-10-5-6-11(8-12)18(10)16(20)14-9-17-15-4-2-1-3-13(14)15/h1-4,10-12,14,17,19H,5-9H2. The SMILES string of the molecule is O=C(C1CNc2ccccc21)N1C2CCC1CC(O)C2. The summed E-state index contributed by atoms with van der Waals surface area (Å²) in [4.78, 5) is 15.0. The number of aliphatic hydroxyl groups excluding tert-OH is 1. The maximum Gasteiger partial charge on any atom is 0.232 e. The molecular formula is C16H20N2O2. The predicted octanol–water partition coefficient (Wildman–Crippen LogP) is 1.71. The molecule has 0 spiro atoms. The number of hydrogen-bond donors (Lipinski definition) is 2. The molecule has 0 radical (unpaired) electrons. The van der Waals surface area contributed by atoms with Gasteiger partial charge in [0.1, 0.15) is 0 Å². The highest BCUT2D eigenvalue weighted by Gasteiger charge is 2.45. The molecule has 1 amide bonds. The Morgan fingerprint density at radius 2 is 1.90 bits per heavy atom. The van der Waals surface area contributed by atoms with Crippen molar-refractivity contribution in [2.45, 2.75) is 49.8 Å². The number of benzene rings is 1. The Bertz CT molecular complexity index is 531. The van der Waals surface area contributed by atoms with Crippen LogP contribution in [0.4, 0.5) is 5.69 Å². The average molecular weight is 272 g/mol. The first-order valence-electron chi connectivity index (χ1n) is 7.57. The van der Waals surface area contributed by atoms with E-state index in [1.54, 1.807) is 0 Å². The first kappa shape index (κ1) is 12.2. The zero-order chi connectivity index (χ0) is 13.7. The van der Waals surface area contributed by atoms with Crippen molar-refractivity contribution < 1.29 is 9.90 Å². The van der Waals surface area contributed by atoms with Crippen LogP contribution >= 0.6 is 0 Å². The smallest absolute Gasteiger partial charge is 0.232 e. The first-order chi connectivity index (χ1) is 9.74. The molecule has 106 valence electrons. The molecule has 20 heavy (non-hydrogen) atoms. The maximum atomic E-state index is 12.9. The molecule has 3 heterocycles. The van der Waals surface area contributed by atoms with Crippen molar-refractivity contribution in [1.29, 1.82) is 0 Å². The highest BCUT2D eigenvalue weighted by atomic mass is 16.3. The molecule has 4 nitrogen and oxygen atoms in total. The number of anilines is 1. The fourth-order valence-electron chi connectivity index (χ4n) is 4.19. The van der Waals surface area contributed by atoms with E-state index in [-0.39, 0.29) is 30.0 Å². The second kappa shape index (κ2) is 4.48. The summed E-state index contributed by atoms with van der Waals surface area (Å²) in [5, 5.41) is 13.2. The number of rotatable bonds is 1. The molecule has 3 atom stereocenters. The predicted molar refractivity (Wildman–Crippen MR) is 76.6 cm³/mol. The van der Waals surface area contributed by atoms with Crippen molar-refractivity contribution in [3.05, 3.63) is 29.8 Å². The van der Waals surface area contributed by atoms with Crippen molar-refractivity contribution >= 4 is 11.6 Å². The summed E-state index contributed by atoms with van der Waals surface area (Å²) in [5.41, 5.74) is 2.22. The Morgan fingerprint density at radius 3 is 2.65 bits per heavy atom. The van der Waals surface area contributed by atoms with Gasteiger partial charge in [-0.3, -0.25) is 4.79 Å². The van der Waals surface area contributed by atoms with Gasteiger partial charge in [0.2, 0.25) is 5.91 Å². The van der Waals surface area contributed by atoms with Crippen molar-refractivity contribution in [3.63, 3.8) is 0 Å². The van der Waals surface area contributed by atoms with E-state index in [1.807, 2.05) is 18.2 Å². The fourth-order valence-corrected chi connectivity index (χ4v) is 4.19. The number of carbonyl (C=O) groups excluding carboxylic acids is 1. The van der Waals surface area contributed by atoms with Crippen LogP contribution in [-0.2, 0) is 4.79 Å². The van der Waals surface area contributed by atoms with Gasteiger partial charge >= 0.3 is 0 Å². The first-order valence-corrected chi connectivity index (χ1v) is 7.57. The van der Waals surface area contributed by atoms with E-state index in [2.05, 4.69) is 16.3 Å². The summed E-state index contributed by atoms with van der Waals surface area (Å²) < 4.78 is 0. The quantitative estimate of drug-likeness (QED) is 0.818. The van der Waals surface area contributed by atoms with Crippen LogP contribution in [0.25, 0.3) is 0 Å². The molecule has 1 aromatic carbocycles. The van der Waals surface area contributed by atoms with Crippen LogP contribution in [0.1, 0.15) is 37.2 Å². The van der Waals surface area contributed by atoms with Gasteiger partial charge in [-0.1, -0.05) is 18.2 Å². The van der Waals surface area contributed by atoms with Gasteiger partial charge in [0.25, 0.3) is 0 Å². The molecule has 2 fully saturated rings. The number of fused-ring (bicyclic) bond motifs is 3. The molecule has 0 aromatic heterocycles. The van der Waals surface area contributed by atoms with E-state index < -0.39 is 0 Å². The van der Waals surface area contributed by atoms with E-state index in [4.69, 9.17) is 0 Å². The molecule has 2 N–H and O–H groups in total. The molecule has 2 saturated heterocycles. The van der Waals surface area contributed by atoms with Gasteiger partial charge in [0.05, 0.1) is 12.0 Å². The van der Waals surface area contributed by atoms with Crippen molar-refractivity contribution in [1.82, 2.24) is 4.90 Å². The topological polar surface area (TPSA) is 52.6 Å². The molecule has 0 saturated carbocycles. The average Bonchev–Trinajstić information content (AvgIpc) is 2.98. The van der Waals surface area contributed by atoms with Crippen LogP contribution in [-0.4, -0.2) is 40.6 Å². The van der Waals surface area contributed by atoms with E-state index in [1.165, 1.54) is 0 Å². The minimum absolute atomic E-state index is 0.0513. The summed E-state index contributed by atoms with van der Waals surface area (Å²) in [5.74, 6) is 0.200. The van der Waals surface area contributed by atoms with Gasteiger partial charge in [-0.05, 0) is 37.3 Å². The van der Waals surface area contributed by atoms with E-state index in [9.17, 15) is 9.90 Å². The molecule has 2 bridgehead atoms. The van der Waals surface area contributed by atoms with Crippen LogP contribution in [0.2, 0.25) is 0 Å². The minimum atomic E-state index is -0.217. The number of piperidine rings is 1. The third-order valence-corrected chi connectivity index (χ3v) is 5.09. The number of hydrogen-bond acceptors (Lipinski definition) is 3. The lowest BCUT2D eigenvalue weighted by molar-refractivity contribution is -0.138. The largest absolute Gasteiger partial charge is 0.393 e. The number of nitrogens with one attached hydrogen (secondary N) is 1. The number of aliphatic hydroxyl groups is 1. The second-order valence-corrected chi connectivity index (χ2v) is 6.28. The van der Waals surface area contributed by atoms with Crippen LogP contribution in [0.3, 0.4) is 0 Å². The third kappa shape index (κ3) is 1.74. The van der Waals surface area contributed by atoms with Crippen molar-refractivity contribution in [3.8, 4) is 0 Å². The number of amides is 1. The molecule has 3 aliphatic heterocycles. The number of para-hydroxylation sites is 1. The molecule has 4 rings (SSSR count). The van der Waals surface area contributed by atoms with Crippen molar-refractivity contribution in [2.75, 3.05) is 11.9 Å². The Hall–Kier alpha value is -1.55. The van der Waals surface area contributed by atoms with E-state index in [0.717, 1.165) is 36.9 Å². The molecule has 1 aromatic rings. The molecule has 4 heteroatoms. The molecule has 3 aliphatic rings. The summed E-state index contributed by atoms with van der Waals surface area (Å²) in [6.45, 7) is 0.705. The summed E-state index contributed by atoms with van der Waals surface area (Å²) in [7, 11) is 0. The summed E-state index contributed by atoms with van der Waals surface area (Å²) in [6, 6.07) is 8.60. The normalized spacial score (nSPS) is 34.8. The number of nitrogens with zero attached hydrogens (tertiary/aromatic N) is 1. The van der Waals surface area contributed by atoms with Gasteiger partial charge < -0.3 is 15.3 Å². The molecule has 3 unspecified atom stereocenters. The van der Waals surface area contributed by atoms with Gasteiger partial charge in [-0.25, -0.2) is 0 Å². The molecule has 0 aliphatic carbocycles. The van der Waals surface area contributed by atoms with Crippen LogP contribution in [0.5, 0.6) is 0 Å². The second-order valence-electron chi connectivity index (χ2n) is 6.28. The zero-order valence-corrected chi connectivity index (χ0v) is 11.5.